The van der Waals surface area contributed by atoms with E-state index in [0.29, 0.717) is 24.5 Å². The van der Waals surface area contributed by atoms with Crippen LogP contribution in [0, 0.1) is 5.92 Å². The molecule has 150 valence electrons. The summed E-state index contributed by atoms with van der Waals surface area (Å²) < 4.78 is 5.75. The standard InChI is InChI=1S/C23H24N2O4/c1-16(23(27)28)22(18-11-6-3-7-12-18)25-20(26)13-8-14-21-24-15-19(29-21)17-9-4-2-5-10-17/h2-7,9-12,15-16,22H,8,13-14H2,1H3,(H,25,26)(H,27,28). The van der Waals surface area contributed by atoms with E-state index in [9.17, 15) is 14.7 Å². The number of aromatic nitrogens is 1. The van der Waals surface area contributed by atoms with Gasteiger partial charge in [-0.05, 0) is 18.9 Å². The van der Waals surface area contributed by atoms with E-state index in [4.69, 9.17) is 4.42 Å². The van der Waals surface area contributed by atoms with Crippen LogP contribution in [0.1, 0.15) is 37.3 Å². The first kappa shape index (κ1) is 20.3. The monoisotopic (exact) mass is 392 g/mol. The van der Waals surface area contributed by atoms with Crippen molar-refractivity contribution in [2.75, 3.05) is 0 Å². The van der Waals surface area contributed by atoms with Crippen LogP contribution < -0.4 is 5.32 Å². The third-order valence-corrected chi connectivity index (χ3v) is 4.77. The highest BCUT2D eigenvalue weighted by atomic mass is 16.4. The molecule has 3 rings (SSSR count). The lowest BCUT2D eigenvalue weighted by atomic mass is 9.94. The van der Waals surface area contributed by atoms with E-state index < -0.39 is 17.9 Å². The zero-order chi connectivity index (χ0) is 20.6. The number of rotatable bonds is 9. The summed E-state index contributed by atoms with van der Waals surface area (Å²) in [6.07, 6.45) is 3.04. The van der Waals surface area contributed by atoms with Crippen molar-refractivity contribution < 1.29 is 19.1 Å². The number of nitrogens with zero attached hydrogens (tertiary/aromatic N) is 1. The lowest BCUT2D eigenvalue weighted by Crippen LogP contribution is -2.35. The number of carboxylic acid groups (broad SMARTS) is 1. The first-order valence-electron chi connectivity index (χ1n) is 9.62. The van der Waals surface area contributed by atoms with Crippen molar-refractivity contribution in [1.29, 1.82) is 0 Å². The molecule has 0 aliphatic carbocycles. The van der Waals surface area contributed by atoms with Gasteiger partial charge in [-0.2, -0.15) is 0 Å². The van der Waals surface area contributed by atoms with E-state index >= 15 is 0 Å². The number of carbonyl (C=O) groups is 2. The Morgan fingerprint density at radius 3 is 2.38 bits per heavy atom. The van der Waals surface area contributed by atoms with E-state index in [1.807, 2.05) is 60.7 Å². The van der Waals surface area contributed by atoms with Crippen molar-refractivity contribution in [2.24, 2.45) is 5.92 Å². The molecule has 6 nitrogen and oxygen atoms in total. The molecule has 0 aliphatic heterocycles. The molecule has 2 atom stereocenters. The van der Waals surface area contributed by atoms with E-state index in [-0.39, 0.29) is 12.3 Å². The second-order valence-electron chi connectivity index (χ2n) is 6.92. The molecule has 0 fully saturated rings. The summed E-state index contributed by atoms with van der Waals surface area (Å²) in [6.45, 7) is 1.60. The van der Waals surface area contributed by atoms with Crippen molar-refractivity contribution in [2.45, 2.75) is 32.2 Å². The smallest absolute Gasteiger partial charge is 0.308 e. The molecular weight excluding hydrogens is 368 g/mol. The maximum Gasteiger partial charge on any atom is 0.308 e. The topological polar surface area (TPSA) is 92.4 Å². The number of carboxylic acids is 1. The predicted molar refractivity (Wildman–Crippen MR) is 109 cm³/mol. The molecule has 0 saturated heterocycles. The first-order chi connectivity index (χ1) is 14.0. The van der Waals surface area contributed by atoms with Gasteiger partial charge in [0.05, 0.1) is 18.2 Å². The van der Waals surface area contributed by atoms with Gasteiger partial charge in [0.1, 0.15) is 0 Å². The highest BCUT2D eigenvalue weighted by Gasteiger charge is 2.26. The quantitative estimate of drug-likeness (QED) is 0.568. The van der Waals surface area contributed by atoms with Crippen molar-refractivity contribution >= 4 is 11.9 Å². The molecule has 29 heavy (non-hydrogen) atoms. The molecule has 2 unspecified atom stereocenters. The molecular formula is C23H24N2O4. The molecule has 3 aromatic rings. The second-order valence-corrected chi connectivity index (χ2v) is 6.92. The van der Waals surface area contributed by atoms with E-state index in [1.54, 1.807) is 13.1 Å². The summed E-state index contributed by atoms with van der Waals surface area (Å²) in [5.74, 6) is -0.602. The van der Waals surface area contributed by atoms with Gasteiger partial charge < -0.3 is 14.8 Å². The molecule has 2 N–H and O–H groups in total. The van der Waals surface area contributed by atoms with E-state index in [2.05, 4.69) is 10.3 Å². The van der Waals surface area contributed by atoms with Gasteiger partial charge in [0.2, 0.25) is 5.91 Å². The maximum absolute atomic E-state index is 12.4. The number of hydrogen-bond acceptors (Lipinski definition) is 4. The Hall–Kier alpha value is -3.41. The fourth-order valence-electron chi connectivity index (χ4n) is 3.11. The molecule has 2 aromatic carbocycles. The minimum absolute atomic E-state index is 0.193. The molecule has 0 radical (unpaired) electrons. The number of hydrogen-bond donors (Lipinski definition) is 2. The summed E-state index contributed by atoms with van der Waals surface area (Å²) in [6, 6.07) is 18.3. The molecule has 1 amide bonds. The van der Waals surface area contributed by atoms with Gasteiger partial charge in [-0.1, -0.05) is 60.7 Å². The van der Waals surface area contributed by atoms with Crippen LogP contribution in [0.2, 0.25) is 0 Å². The fraction of sp³-hybridized carbons (Fsp3) is 0.261. The van der Waals surface area contributed by atoms with Gasteiger partial charge in [0.25, 0.3) is 0 Å². The third kappa shape index (κ3) is 5.54. The Labute approximate surface area is 169 Å². The molecule has 0 aliphatic rings. The first-order valence-corrected chi connectivity index (χ1v) is 9.62. The Morgan fingerprint density at radius 2 is 1.72 bits per heavy atom. The van der Waals surface area contributed by atoms with Crippen LogP contribution in [0.15, 0.2) is 71.3 Å². The lowest BCUT2D eigenvalue weighted by molar-refractivity contribution is -0.142. The van der Waals surface area contributed by atoms with Gasteiger partial charge >= 0.3 is 5.97 Å². The Kier molecular flexibility index (Phi) is 6.79. The third-order valence-electron chi connectivity index (χ3n) is 4.77. The summed E-state index contributed by atoms with van der Waals surface area (Å²) >= 11 is 0. The lowest BCUT2D eigenvalue weighted by Gasteiger charge is -2.23. The number of aliphatic carboxylic acids is 1. The van der Waals surface area contributed by atoms with Gasteiger partial charge in [0, 0.05) is 18.4 Å². The Balaban J connectivity index is 1.54. The highest BCUT2D eigenvalue weighted by molar-refractivity contribution is 5.78. The summed E-state index contributed by atoms with van der Waals surface area (Å²) in [7, 11) is 0. The summed E-state index contributed by atoms with van der Waals surface area (Å²) in [5, 5.41) is 12.2. The van der Waals surface area contributed by atoms with Crippen LogP contribution in [-0.4, -0.2) is 22.0 Å². The number of amides is 1. The Morgan fingerprint density at radius 1 is 1.07 bits per heavy atom. The Bertz CT molecular complexity index is 938. The van der Waals surface area contributed by atoms with Crippen LogP contribution in [-0.2, 0) is 16.0 Å². The van der Waals surface area contributed by atoms with Crippen LogP contribution in [0.25, 0.3) is 11.3 Å². The maximum atomic E-state index is 12.4. The van der Waals surface area contributed by atoms with Gasteiger partial charge in [-0.3, -0.25) is 9.59 Å². The zero-order valence-corrected chi connectivity index (χ0v) is 16.2. The highest BCUT2D eigenvalue weighted by Crippen LogP contribution is 2.23. The van der Waals surface area contributed by atoms with Crippen molar-refractivity contribution in [3.8, 4) is 11.3 Å². The fourth-order valence-corrected chi connectivity index (χ4v) is 3.11. The average molecular weight is 392 g/mol. The molecule has 0 saturated carbocycles. The van der Waals surface area contributed by atoms with Gasteiger partial charge in [-0.25, -0.2) is 4.98 Å². The van der Waals surface area contributed by atoms with Crippen LogP contribution in [0.5, 0.6) is 0 Å². The summed E-state index contributed by atoms with van der Waals surface area (Å²) in [5.41, 5.74) is 1.73. The van der Waals surface area contributed by atoms with Crippen LogP contribution in [0.3, 0.4) is 0 Å². The van der Waals surface area contributed by atoms with Gasteiger partial charge in [0.15, 0.2) is 11.7 Å². The molecule has 1 aromatic heterocycles. The SMILES string of the molecule is CC(C(=O)O)C(NC(=O)CCCc1ncc(-c2ccccc2)o1)c1ccccc1. The van der Waals surface area contributed by atoms with Gasteiger partial charge in [-0.15, -0.1) is 0 Å². The molecule has 0 bridgehead atoms. The van der Waals surface area contributed by atoms with Crippen LogP contribution in [0.4, 0.5) is 0 Å². The van der Waals surface area contributed by atoms with E-state index in [1.165, 1.54) is 0 Å². The largest absolute Gasteiger partial charge is 0.481 e. The van der Waals surface area contributed by atoms with Crippen molar-refractivity contribution in [3.63, 3.8) is 0 Å². The molecule has 6 heteroatoms. The van der Waals surface area contributed by atoms with Crippen LogP contribution >= 0.6 is 0 Å². The normalized spacial score (nSPS) is 12.9. The van der Waals surface area contributed by atoms with Crippen molar-refractivity contribution in [3.05, 3.63) is 78.3 Å². The summed E-state index contributed by atoms with van der Waals surface area (Å²) in [4.78, 5) is 28.1. The van der Waals surface area contributed by atoms with Crippen molar-refractivity contribution in [1.82, 2.24) is 10.3 Å². The zero-order valence-electron chi connectivity index (χ0n) is 16.2. The minimum Gasteiger partial charge on any atom is -0.481 e. The predicted octanol–water partition coefficient (Wildman–Crippen LogP) is 4.24. The number of oxazole rings is 1. The minimum atomic E-state index is -0.952. The number of carbonyl (C=O) groups excluding carboxylic acids is 1. The average Bonchev–Trinajstić information content (AvgIpc) is 3.21. The second kappa shape index (κ2) is 9.68. The number of benzene rings is 2. The molecule has 1 heterocycles. The number of nitrogens with one attached hydrogen (secondary N) is 1. The molecule has 0 spiro atoms. The number of aryl methyl sites for hydroxylation is 1. The van der Waals surface area contributed by atoms with E-state index in [0.717, 1.165) is 11.1 Å².